The number of hydrogen-bond donors (Lipinski definition) is 0. The number of aromatic nitrogens is 4. The van der Waals surface area contributed by atoms with E-state index in [1.807, 2.05) is 33.8 Å². The minimum atomic E-state index is -0.346. The smallest absolute Gasteiger partial charge is 0.313 e. The lowest BCUT2D eigenvalue weighted by Gasteiger charge is -2.11. The summed E-state index contributed by atoms with van der Waals surface area (Å²) in [6.45, 7) is 9.74. The standard InChI is InChI=1S/C15H20N4O2/c1-6-21-15(20)10(3)14-11(4)18-19(12(14)5)13-7-9(2)16-8-17-13/h7-8,10H,6H2,1-5H3. The van der Waals surface area contributed by atoms with Gasteiger partial charge in [-0.2, -0.15) is 5.10 Å². The van der Waals surface area contributed by atoms with Crippen molar-refractivity contribution < 1.29 is 9.53 Å². The van der Waals surface area contributed by atoms with Crippen LogP contribution in [0.1, 0.15) is 42.4 Å². The van der Waals surface area contributed by atoms with Crippen LogP contribution in [0.4, 0.5) is 0 Å². The van der Waals surface area contributed by atoms with Gasteiger partial charge in [0.05, 0.1) is 18.2 Å². The molecule has 0 aliphatic carbocycles. The summed E-state index contributed by atoms with van der Waals surface area (Å²) >= 11 is 0. The molecule has 1 atom stereocenters. The number of carbonyl (C=O) groups is 1. The molecule has 2 aromatic rings. The molecular weight excluding hydrogens is 268 g/mol. The highest BCUT2D eigenvalue weighted by Gasteiger charge is 2.25. The Kier molecular flexibility index (Phi) is 4.35. The lowest BCUT2D eigenvalue weighted by atomic mass is 9.99. The maximum Gasteiger partial charge on any atom is 0.313 e. The molecule has 112 valence electrons. The van der Waals surface area contributed by atoms with Crippen LogP contribution in [0.15, 0.2) is 12.4 Å². The zero-order valence-corrected chi connectivity index (χ0v) is 13.0. The van der Waals surface area contributed by atoms with Gasteiger partial charge in [0.25, 0.3) is 0 Å². The summed E-state index contributed by atoms with van der Waals surface area (Å²) in [6.07, 6.45) is 1.51. The minimum Gasteiger partial charge on any atom is -0.466 e. The first-order valence-corrected chi connectivity index (χ1v) is 6.97. The summed E-state index contributed by atoms with van der Waals surface area (Å²) in [6, 6.07) is 1.86. The summed E-state index contributed by atoms with van der Waals surface area (Å²) in [4.78, 5) is 20.3. The molecule has 0 spiro atoms. The Morgan fingerprint density at radius 1 is 1.33 bits per heavy atom. The van der Waals surface area contributed by atoms with Gasteiger partial charge in [0.1, 0.15) is 6.33 Å². The highest BCUT2D eigenvalue weighted by molar-refractivity contribution is 5.78. The number of hydrogen-bond acceptors (Lipinski definition) is 5. The van der Waals surface area contributed by atoms with Gasteiger partial charge >= 0.3 is 5.97 Å². The molecule has 0 bridgehead atoms. The van der Waals surface area contributed by atoms with Crippen molar-refractivity contribution in [1.82, 2.24) is 19.7 Å². The molecule has 0 N–H and O–H groups in total. The quantitative estimate of drug-likeness (QED) is 0.807. The van der Waals surface area contributed by atoms with Gasteiger partial charge in [0.15, 0.2) is 5.82 Å². The summed E-state index contributed by atoms with van der Waals surface area (Å²) < 4.78 is 6.85. The van der Waals surface area contributed by atoms with Crippen LogP contribution in [0.2, 0.25) is 0 Å². The second-order valence-electron chi connectivity index (χ2n) is 4.99. The first-order chi connectivity index (χ1) is 9.95. The molecule has 0 aromatic carbocycles. The van der Waals surface area contributed by atoms with E-state index in [0.717, 1.165) is 22.6 Å². The fourth-order valence-corrected chi connectivity index (χ4v) is 2.45. The van der Waals surface area contributed by atoms with Gasteiger partial charge < -0.3 is 4.74 Å². The first-order valence-electron chi connectivity index (χ1n) is 6.97. The third kappa shape index (κ3) is 2.94. The Morgan fingerprint density at radius 3 is 2.67 bits per heavy atom. The van der Waals surface area contributed by atoms with Crippen molar-refractivity contribution in [3.63, 3.8) is 0 Å². The highest BCUT2D eigenvalue weighted by atomic mass is 16.5. The van der Waals surface area contributed by atoms with Crippen molar-refractivity contribution in [3.8, 4) is 5.82 Å². The Morgan fingerprint density at radius 2 is 2.05 bits per heavy atom. The second-order valence-corrected chi connectivity index (χ2v) is 4.99. The van der Waals surface area contributed by atoms with Crippen molar-refractivity contribution in [3.05, 3.63) is 35.0 Å². The minimum absolute atomic E-state index is 0.234. The van der Waals surface area contributed by atoms with E-state index < -0.39 is 0 Å². The molecule has 2 heterocycles. The van der Waals surface area contributed by atoms with Crippen LogP contribution in [0.3, 0.4) is 0 Å². The van der Waals surface area contributed by atoms with Crippen LogP contribution in [0.5, 0.6) is 0 Å². The molecule has 6 nitrogen and oxygen atoms in total. The molecule has 2 rings (SSSR count). The molecule has 6 heteroatoms. The molecule has 21 heavy (non-hydrogen) atoms. The third-order valence-corrected chi connectivity index (χ3v) is 3.43. The SMILES string of the molecule is CCOC(=O)C(C)c1c(C)nn(-c2cc(C)ncn2)c1C. The van der Waals surface area contributed by atoms with Crippen LogP contribution in [-0.2, 0) is 9.53 Å². The lowest BCUT2D eigenvalue weighted by molar-refractivity contribution is -0.144. The van der Waals surface area contributed by atoms with E-state index in [2.05, 4.69) is 15.1 Å². The lowest BCUT2D eigenvalue weighted by Crippen LogP contribution is -2.14. The molecule has 0 aliphatic heterocycles. The van der Waals surface area contributed by atoms with Crippen molar-refractivity contribution in [2.75, 3.05) is 6.61 Å². The fourth-order valence-electron chi connectivity index (χ4n) is 2.45. The maximum atomic E-state index is 12.0. The Labute approximate surface area is 124 Å². The summed E-state index contributed by atoms with van der Waals surface area (Å²) in [5.41, 5.74) is 3.47. The van der Waals surface area contributed by atoms with Crippen LogP contribution < -0.4 is 0 Å². The molecule has 0 fully saturated rings. The van der Waals surface area contributed by atoms with E-state index in [4.69, 9.17) is 4.74 Å². The van der Waals surface area contributed by atoms with Crippen LogP contribution >= 0.6 is 0 Å². The summed E-state index contributed by atoms with van der Waals surface area (Å²) in [5, 5.41) is 4.50. The Balaban J connectivity index is 2.45. The third-order valence-electron chi connectivity index (χ3n) is 3.43. The maximum absolute atomic E-state index is 12.0. The number of carbonyl (C=O) groups excluding carboxylic acids is 1. The van der Waals surface area contributed by atoms with Gasteiger partial charge in [0, 0.05) is 23.0 Å². The van der Waals surface area contributed by atoms with Crippen molar-refractivity contribution in [1.29, 1.82) is 0 Å². The monoisotopic (exact) mass is 288 g/mol. The van der Waals surface area contributed by atoms with E-state index in [0.29, 0.717) is 12.4 Å². The van der Waals surface area contributed by atoms with Crippen LogP contribution in [-0.4, -0.2) is 32.3 Å². The number of esters is 1. The van der Waals surface area contributed by atoms with E-state index >= 15 is 0 Å². The molecule has 0 saturated heterocycles. The number of rotatable bonds is 4. The average Bonchev–Trinajstić information content (AvgIpc) is 2.73. The van der Waals surface area contributed by atoms with E-state index in [9.17, 15) is 4.79 Å². The van der Waals surface area contributed by atoms with Gasteiger partial charge in [0.2, 0.25) is 0 Å². The van der Waals surface area contributed by atoms with E-state index in [1.54, 1.807) is 11.6 Å². The van der Waals surface area contributed by atoms with Gasteiger partial charge in [-0.1, -0.05) is 0 Å². The Bertz CT molecular complexity index is 664. The van der Waals surface area contributed by atoms with Crippen molar-refractivity contribution >= 4 is 5.97 Å². The molecular formula is C15H20N4O2. The average molecular weight is 288 g/mol. The normalized spacial score (nSPS) is 12.2. The fraction of sp³-hybridized carbons (Fsp3) is 0.467. The predicted molar refractivity (Wildman–Crippen MR) is 78.4 cm³/mol. The van der Waals surface area contributed by atoms with Crippen molar-refractivity contribution in [2.45, 2.75) is 40.5 Å². The van der Waals surface area contributed by atoms with Gasteiger partial charge in [-0.3, -0.25) is 4.79 Å². The summed E-state index contributed by atoms with van der Waals surface area (Å²) in [5.74, 6) is 0.120. The molecule has 0 radical (unpaired) electrons. The molecule has 0 saturated carbocycles. The predicted octanol–water partition coefficient (Wildman–Crippen LogP) is 2.25. The highest BCUT2D eigenvalue weighted by Crippen LogP contribution is 2.26. The number of nitrogens with zero attached hydrogens (tertiary/aromatic N) is 4. The van der Waals surface area contributed by atoms with Crippen LogP contribution in [0.25, 0.3) is 5.82 Å². The summed E-state index contributed by atoms with van der Waals surface area (Å²) in [7, 11) is 0. The second kappa shape index (κ2) is 6.03. The largest absolute Gasteiger partial charge is 0.466 e. The number of aryl methyl sites for hydroxylation is 2. The van der Waals surface area contributed by atoms with Gasteiger partial charge in [-0.05, 0) is 34.6 Å². The Hall–Kier alpha value is -2.24. The first kappa shape index (κ1) is 15.2. The van der Waals surface area contributed by atoms with Crippen LogP contribution in [0, 0.1) is 20.8 Å². The zero-order chi connectivity index (χ0) is 15.6. The molecule has 0 amide bonds. The van der Waals surface area contributed by atoms with Gasteiger partial charge in [-0.15, -0.1) is 0 Å². The van der Waals surface area contributed by atoms with E-state index in [1.165, 1.54) is 6.33 Å². The molecule has 2 aromatic heterocycles. The molecule has 0 aliphatic rings. The van der Waals surface area contributed by atoms with Gasteiger partial charge in [-0.25, -0.2) is 14.6 Å². The topological polar surface area (TPSA) is 69.9 Å². The van der Waals surface area contributed by atoms with Crippen molar-refractivity contribution in [2.24, 2.45) is 0 Å². The molecule has 1 unspecified atom stereocenters. The zero-order valence-electron chi connectivity index (χ0n) is 13.0. The number of ether oxygens (including phenoxy) is 1. The van der Waals surface area contributed by atoms with E-state index in [-0.39, 0.29) is 11.9 Å².